The molecule has 0 unspecified atom stereocenters. The molecular weight excluding hydrogens is 258 g/mol. The Morgan fingerprint density at radius 2 is 2.11 bits per heavy atom. The second kappa shape index (κ2) is 6.68. The third kappa shape index (κ3) is 3.54. The SMILES string of the molecule is CCNc1nc(NCCN(C)CC)c2ccsc2n1. The fourth-order valence-corrected chi connectivity index (χ4v) is 2.51. The van der Waals surface area contributed by atoms with Crippen LogP contribution in [0.1, 0.15) is 13.8 Å². The van der Waals surface area contributed by atoms with E-state index in [2.05, 4.69) is 50.9 Å². The van der Waals surface area contributed by atoms with Crippen molar-refractivity contribution in [2.75, 3.05) is 43.9 Å². The summed E-state index contributed by atoms with van der Waals surface area (Å²) in [5.41, 5.74) is 0. The van der Waals surface area contributed by atoms with Gasteiger partial charge in [0.05, 0.1) is 5.39 Å². The minimum atomic E-state index is 0.698. The molecule has 0 aliphatic heterocycles. The van der Waals surface area contributed by atoms with Gasteiger partial charge < -0.3 is 15.5 Å². The molecule has 0 atom stereocenters. The number of nitrogens with one attached hydrogen (secondary N) is 2. The maximum atomic E-state index is 4.54. The minimum Gasteiger partial charge on any atom is -0.368 e. The number of fused-ring (bicyclic) bond motifs is 1. The molecule has 0 spiro atoms. The Hall–Kier alpha value is -1.40. The molecule has 0 aliphatic carbocycles. The predicted molar refractivity (Wildman–Crippen MR) is 83.2 cm³/mol. The van der Waals surface area contributed by atoms with Crippen LogP contribution in [0.4, 0.5) is 11.8 Å². The number of anilines is 2. The van der Waals surface area contributed by atoms with Crippen LogP contribution in [0.25, 0.3) is 10.2 Å². The lowest BCUT2D eigenvalue weighted by Gasteiger charge is -2.15. The van der Waals surface area contributed by atoms with E-state index in [1.54, 1.807) is 11.3 Å². The number of thiophene rings is 1. The molecule has 104 valence electrons. The Morgan fingerprint density at radius 1 is 1.26 bits per heavy atom. The molecule has 0 aromatic carbocycles. The van der Waals surface area contributed by atoms with Gasteiger partial charge in [-0.1, -0.05) is 6.92 Å². The van der Waals surface area contributed by atoms with Crippen LogP contribution in [0.15, 0.2) is 11.4 Å². The number of rotatable bonds is 7. The number of aromatic nitrogens is 2. The average molecular weight is 279 g/mol. The highest BCUT2D eigenvalue weighted by Gasteiger charge is 2.08. The van der Waals surface area contributed by atoms with E-state index in [0.717, 1.165) is 42.2 Å². The Morgan fingerprint density at radius 3 is 2.84 bits per heavy atom. The summed E-state index contributed by atoms with van der Waals surface area (Å²) < 4.78 is 0. The van der Waals surface area contributed by atoms with Crippen molar-refractivity contribution in [1.29, 1.82) is 0 Å². The number of hydrogen-bond donors (Lipinski definition) is 2. The van der Waals surface area contributed by atoms with Crippen molar-refractivity contribution in [2.45, 2.75) is 13.8 Å². The standard InChI is InChI=1S/C13H21N5S/c1-4-14-13-16-11(15-7-8-18(3)5-2)10-6-9-19-12(10)17-13/h6,9H,4-5,7-8H2,1-3H3,(H2,14,15,16,17). The first kappa shape index (κ1) is 14.0. The molecule has 0 fully saturated rings. The van der Waals surface area contributed by atoms with Crippen LogP contribution in [0.5, 0.6) is 0 Å². The van der Waals surface area contributed by atoms with Gasteiger partial charge in [0.25, 0.3) is 0 Å². The van der Waals surface area contributed by atoms with Crippen LogP contribution in [0.2, 0.25) is 0 Å². The van der Waals surface area contributed by atoms with Crippen molar-refractivity contribution in [3.8, 4) is 0 Å². The van der Waals surface area contributed by atoms with Crippen molar-refractivity contribution in [1.82, 2.24) is 14.9 Å². The van der Waals surface area contributed by atoms with E-state index in [0.29, 0.717) is 5.95 Å². The zero-order chi connectivity index (χ0) is 13.7. The Bertz CT molecular complexity index is 525. The molecule has 0 saturated carbocycles. The van der Waals surface area contributed by atoms with E-state index in [-0.39, 0.29) is 0 Å². The summed E-state index contributed by atoms with van der Waals surface area (Å²) in [6.07, 6.45) is 0. The quantitative estimate of drug-likeness (QED) is 0.815. The lowest BCUT2D eigenvalue weighted by atomic mass is 10.3. The molecule has 0 aliphatic rings. The molecule has 0 amide bonds. The lowest BCUT2D eigenvalue weighted by Crippen LogP contribution is -2.25. The molecule has 6 heteroatoms. The van der Waals surface area contributed by atoms with Crippen LogP contribution >= 0.6 is 11.3 Å². The van der Waals surface area contributed by atoms with Gasteiger partial charge in [0.15, 0.2) is 0 Å². The summed E-state index contributed by atoms with van der Waals surface area (Å²) in [5.74, 6) is 1.62. The smallest absolute Gasteiger partial charge is 0.226 e. The molecule has 5 nitrogen and oxygen atoms in total. The van der Waals surface area contributed by atoms with Crippen molar-refractivity contribution < 1.29 is 0 Å². The third-order valence-electron chi connectivity index (χ3n) is 2.99. The molecule has 0 radical (unpaired) electrons. The van der Waals surface area contributed by atoms with Crippen LogP contribution in [-0.2, 0) is 0 Å². The van der Waals surface area contributed by atoms with Gasteiger partial charge in [-0.2, -0.15) is 4.98 Å². The van der Waals surface area contributed by atoms with Gasteiger partial charge >= 0.3 is 0 Å². The Labute approximate surface area is 118 Å². The van der Waals surface area contributed by atoms with Crippen molar-refractivity contribution in [3.05, 3.63) is 11.4 Å². The first-order valence-electron chi connectivity index (χ1n) is 6.66. The predicted octanol–water partition coefficient (Wildman–Crippen LogP) is 2.49. The zero-order valence-electron chi connectivity index (χ0n) is 11.7. The third-order valence-corrected chi connectivity index (χ3v) is 3.79. The molecule has 0 bridgehead atoms. The van der Waals surface area contributed by atoms with Gasteiger partial charge in [0, 0.05) is 19.6 Å². The van der Waals surface area contributed by atoms with E-state index < -0.39 is 0 Å². The number of likely N-dealkylation sites (N-methyl/N-ethyl adjacent to an activating group) is 1. The summed E-state index contributed by atoms with van der Waals surface area (Å²) in [5, 5.41) is 9.74. The highest BCUT2D eigenvalue weighted by Crippen LogP contribution is 2.26. The Kier molecular flexibility index (Phi) is 4.93. The average Bonchev–Trinajstić information content (AvgIpc) is 2.87. The van der Waals surface area contributed by atoms with E-state index in [9.17, 15) is 0 Å². The first-order chi connectivity index (χ1) is 9.24. The van der Waals surface area contributed by atoms with Crippen molar-refractivity contribution in [2.24, 2.45) is 0 Å². The van der Waals surface area contributed by atoms with Gasteiger partial charge in [-0.3, -0.25) is 0 Å². The second-order valence-corrected chi connectivity index (χ2v) is 5.28. The zero-order valence-corrected chi connectivity index (χ0v) is 12.5. The maximum Gasteiger partial charge on any atom is 0.226 e. The van der Waals surface area contributed by atoms with Crippen molar-refractivity contribution in [3.63, 3.8) is 0 Å². The van der Waals surface area contributed by atoms with Crippen LogP contribution in [0, 0.1) is 0 Å². The van der Waals surface area contributed by atoms with Crippen LogP contribution < -0.4 is 10.6 Å². The topological polar surface area (TPSA) is 53.1 Å². The summed E-state index contributed by atoms with van der Waals surface area (Å²) in [7, 11) is 2.12. The lowest BCUT2D eigenvalue weighted by molar-refractivity contribution is 0.367. The summed E-state index contributed by atoms with van der Waals surface area (Å²) in [6, 6.07) is 2.07. The van der Waals surface area contributed by atoms with E-state index in [1.807, 2.05) is 6.92 Å². The maximum absolute atomic E-state index is 4.54. The van der Waals surface area contributed by atoms with Gasteiger partial charge in [0.2, 0.25) is 5.95 Å². The monoisotopic (exact) mass is 279 g/mol. The van der Waals surface area contributed by atoms with Gasteiger partial charge in [-0.05, 0) is 32.0 Å². The van der Waals surface area contributed by atoms with Crippen LogP contribution in [-0.4, -0.2) is 48.1 Å². The first-order valence-corrected chi connectivity index (χ1v) is 7.54. The Balaban J connectivity index is 2.13. The molecule has 19 heavy (non-hydrogen) atoms. The molecule has 2 N–H and O–H groups in total. The normalized spacial score (nSPS) is 11.2. The molecule has 2 heterocycles. The van der Waals surface area contributed by atoms with Gasteiger partial charge in [-0.25, -0.2) is 4.98 Å². The van der Waals surface area contributed by atoms with Crippen LogP contribution in [0.3, 0.4) is 0 Å². The molecule has 2 rings (SSSR count). The number of nitrogens with zero attached hydrogens (tertiary/aromatic N) is 3. The fraction of sp³-hybridized carbons (Fsp3) is 0.538. The van der Waals surface area contributed by atoms with Gasteiger partial charge in [0.1, 0.15) is 10.6 Å². The fourth-order valence-electron chi connectivity index (χ4n) is 1.75. The molecular formula is C13H21N5S. The largest absolute Gasteiger partial charge is 0.368 e. The second-order valence-electron chi connectivity index (χ2n) is 4.39. The molecule has 2 aromatic heterocycles. The molecule has 2 aromatic rings. The van der Waals surface area contributed by atoms with Gasteiger partial charge in [-0.15, -0.1) is 11.3 Å². The summed E-state index contributed by atoms with van der Waals surface area (Å²) >= 11 is 1.64. The van der Waals surface area contributed by atoms with E-state index >= 15 is 0 Å². The highest BCUT2D eigenvalue weighted by molar-refractivity contribution is 7.16. The number of hydrogen-bond acceptors (Lipinski definition) is 6. The van der Waals surface area contributed by atoms with E-state index in [1.165, 1.54) is 0 Å². The summed E-state index contributed by atoms with van der Waals surface area (Å²) in [4.78, 5) is 12.3. The molecule has 0 saturated heterocycles. The van der Waals surface area contributed by atoms with E-state index in [4.69, 9.17) is 0 Å². The minimum absolute atomic E-state index is 0.698. The highest BCUT2D eigenvalue weighted by atomic mass is 32.1. The van der Waals surface area contributed by atoms with Crippen molar-refractivity contribution >= 4 is 33.3 Å². The summed E-state index contributed by atoms with van der Waals surface area (Å²) in [6.45, 7) is 7.98.